The second-order valence-electron chi connectivity index (χ2n) is 4.98. The molecule has 0 saturated carbocycles. The number of amides is 1. The van der Waals surface area contributed by atoms with Gasteiger partial charge in [-0.25, -0.2) is 8.42 Å². The van der Waals surface area contributed by atoms with Gasteiger partial charge < -0.3 is 10.6 Å². The molecule has 6 nitrogen and oxygen atoms in total. The molecule has 0 aliphatic carbocycles. The Bertz CT molecular complexity index is 629. The zero-order valence-corrected chi connectivity index (χ0v) is 14.5. The van der Waals surface area contributed by atoms with Crippen LogP contribution in [0.1, 0.15) is 6.92 Å². The zero-order valence-electron chi connectivity index (χ0n) is 12.1. The molecule has 2 rings (SSSR count). The molecule has 1 amide bonds. The summed E-state index contributed by atoms with van der Waals surface area (Å²) in [6.07, 6.45) is 0. The van der Waals surface area contributed by atoms with Crippen LogP contribution in [-0.4, -0.2) is 55.8 Å². The van der Waals surface area contributed by atoms with Crippen molar-refractivity contribution in [2.24, 2.45) is 5.73 Å². The molecule has 1 unspecified atom stereocenters. The number of hydrogen-bond donors (Lipinski definition) is 1. The van der Waals surface area contributed by atoms with Gasteiger partial charge >= 0.3 is 0 Å². The molecular formula is C13H19Cl2N3O3S. The van der Waals surface area contributed by atoms with Crippen molar-refractivity contribution >= 4 is 39.9 Å². The zero-order chi connectivity index (χ0) is 15.6. The van der Waals surface area contributed by atoms with Crippen LogP contribution in [0, 0.1) is 0 Å². The summed E-state index contributed by atoms with van der Waals surface area (Å²) in [5.74, 6) is -0.158. The molecule has 0 radical (unpaired) electrons. The maximum Gasteiger partial charge on any atom is 0.243 e. The van der Waals surface area contributed by atoms with Crippen LogP contribution in [0.2, 0.25) is 5.02 Å². The molecule has 1 heterocycles. The lowest BCUT2D eigenvalue weighted by Crippen LogP contribution is -2.53. The highest BCUT2D eigenvalue weighted by Crippen LogP contribution is 2.20. The molecule has 1 fully saturated rings. The lowest BCUT2D eigenvalue weighted by molar-refractivity contribution is -0.133. The Morgan fingerprint density at radius 2 is 1.86 bits per heavy atom. The minimum atomic E-state index is -3.57. The Hall–Kier alpha value is -0.860. The number of sulfonamides is 1. The van der Waals surface area contributed by atoms with Crippen molar-refractivity contribution < 1.29 is 13.2 Å². The molecule has 124 valence electrons. The molecule has 0 spiro atoms. The summed E-state index contributed by atoms with van der Waals surface area (Å²) in [4.78, 5) is 13.5. The van der Waals surface area contributed by atoms with E-state index in [4.69, 9.17) is 17.3 Å². The van der Waals surface area contributed by atoms with Gasteiger partial charge in [-0.2, -0.15) is 4.31 Å². The van der Waals surface area contributed by atoms with Gasteiger partial charge in [0.15, 0.2) is 0 Å². The van der Waals surface area contributed by atoms with Gasteiger partial charge in [-0.3, -0.25) is 4.79 Å². The van der Waals surface area contributed by atoms with Gasteiger partial charge in [-0.05, 0) is 25.1 Å². The van der Waals surface area contributed by atoms with Crippen molar-refractivity contribution in [2.75, 3.05) is 26.2 Å². The van der Waals surface area contributed by atoms with Gasteiger partial charge in [0.1, 0.15) is 0 Å². The number of carbonyl (C=O) groups is 1. The molecule has 1 aliphatic rings. The predicted octanol–water partition coefficient (Wildman–Crippen LogP) is 0.942. The number of benzene rings is 1. The Labute approximate surface area is 141 Å². The van der Waals surface area contributed by atoms with E-state index in [0.29, 0.717) is 18.1 Å². The first-order valence-corrected chi connectivity index (χ1v) is 8.44. The third kappa shape index (κ3) is 4.11. The molecule has 1 aromatic carbocycles. The van der Waals surface area contributed by atoms with Gasteiger partial charge in [0, 0.05) is 31.2 Å². The maximum absolute atomic E-state index is 12.5. The summed E-state index contributed by atoms with van der Waals surface area (Å²) in [5.41, 5.74) is 5.56. The van der Waals surface area contributed by atoms with E-state index in [9.17, 15) is 13.2 Å². The van der Waals surface area contributed by atoms with E-state index >= 15 is 0 Å². The molecular weight excluding hydrogens is 349 g/mol. The predicted molar refractivity (Wildman–Crippen MR) is 87.7 cm³/mol. The highest BCUT2D eigenvalue weighted by atomic mass is 35.5. The number of rotatable bonds is 3. The average Bonchev–Trinajstić information content (AvgIpc) is 2.46. The number of halogens is 2. The van der Waals surface area contributed by atoms with E-state index in [1.54, 1.807) is 24.0 Å². The SMILES string of the molecule is CC(N)C(=O)N1CCN(S(=O)(=O)c2cccc(Cl)c2)CC1.Cl. The monoisotopic (exact) mass is 367 g/mol. The Balaban J connectivity index is 0.00000242. The minimum Gasteiger partial charge on any atom is -0.339 e. The standard InChI is InChI=1S/C13H18ClN3O3S.ClH/c1-10(15)13(18)16-5-7-17(8-6-16)21(19,20)12-4-2-3-11(14)9-12;/h2-4,9-10H,5-8,15H2,1H3;1H. The summed E-state index contributed by atoms with van der Waals surface area (Å²) in [6.45, 7) is 2.83. The number of nitrogens with two attached hydrogens (primary N) is 1. The van der Waals surface area contributed by atoms with E-state index < -0.39 is 16.1 Å². The van der Waals surface area contributed by atoms with Crippen molar-refractivity contribution in [3.8, 4) is 0 Å². The Kier molecular flexibility index (Phi) is 6.64. The number of carbonyl (C=O) groups excluding carboxylic acids is 1. The largest absolute Gasteiger partial charge is 0.339 e. The van der Waals surface area contributed by atoms with E-state index in [1.807, 2.05) is 0 Å². The van der Waals surface area contributed by atoms with Gasteiger partial charge in [0.2, 0.25) is 15.9 Å². The van der Waals surface area contributed by atoms with Crippen LogP contribution in [0.5, 0.6) is 0 Å². The smallest absolute Gasteiger partial charge is 0.243 e. The highest BCUT2D eigenvalue weighted by molar-refractivity contribution is 7.89. The fourth-order valence-electron chi connectivity index (χ4n) is 2.21. The second kappa shape index (κ2) is 7.61. The third-order valence-electron chi connectivity index (χ3n) is 3.37. The molecule has 1 atom stereocenters. The maximum atomic E-state index is 12.5. The molecule has 2 N–H and O–H groups in total. The van der Waals surface area contributed by atoms with Gasteiger partial charge in [-0.15, -0.1) is 12.4 Å². The summed E-state index contributed by atoms with van der Waals surface area (Å²) >= 11 is 5.84. The first-order chi connectivity index (χ1) is 9.82. The van der Waals surface area contributed by atoms with Crippen molar-refractivity contribution in [2.45, 2.75) is 17.9 Å². The lowest BCUT2D eigenvalue weighted by Gasteiger charge is -2.34. The van der Waals surface area contributed by atoms with E-state index in [1.165, 1.54) is 16.4 Å². The van der Waals surface area contributed by atoms with Crippen molar-refractivity contribution in [1.29, 1.82) is 0 Å². The molecule has 9 heteroatoms. The Morgan fingerprint density at radius 3 is 2.36 bits per heavy atom. The third-order valence-corrected chi connectivity index (χ3v) is 5.50. The van der Waals surface area contributed by atoms with Crippen LogP contribution in [-0.2, 0) is 14.8 Å². The summed E-state index contributed by atoms with van der Waals surface area (Å²) in [5, 5.41) is 0.377. The number of nitrogens with zero attached hydrogens (tertiary/aromatic N) is 2. The van der Waals surface area contributed by atoms with Gasteiger partial charge in [0.25, 0.3) is 0 Å². The van der Waals surface area contributed by atoms with Crippen LogP contribution >= 0.6 is 24.0 Å². The fraction of sp³-hybridized carbons (Fsp3) is 0.462. The first kappa shape index (κ1) is 19.2. The lowest BCUT2D eigenvalue weighted by atomic mass is 10.2. The van der Waals surface area contributed by atoms with Crippen molar-refractivity contribution in [1.82, 2.24) is 9.21 Å². The molecule has 1 aromatic rings. The van der Waals surface area contributed by atoms with Crippen LogP contribution in [0.3, 0.4) is 0 Å². The quantitative estimate of drug-likeness (QED) is 0.861. The topological polar surface area (TPSA) is 83.7 Å². The van der Waals surface area contributed by atoms with Crippen LogP contribution in [0.4, 0.5) is 0 Å². The van der Waals surface area contributed by atoms with Crippen LogP contribution < -0.4 is 5.73 Å². The first-order valence-electron chi connectivity index (χ1n) is 6.62. The number of piperazine rings is 1. The second-order valence-corrected chi connectivity index (χ2v) is 7.35. The molecule has 1 aliphatic heterocycles. The van der Waals surface area contributed by atoms with Gasteiger partial charge in [-0.1, -0.05) is 17.7 Å². The molecule has 1 saturated heterocycles. The van der Waals surface area contributed by atoms with E-state index in [-0.39, 0.29) is 36.3 Å². The van der Waals surface area contributed by atoms with Crippen LogP contribution in [0.25, 0.3) is 0 Å². The van der Waals surface area contributed by atoms with E-state index in [0.717, 1.165) is 0 Å². The van der Waals surface area contributed by atoms with E-state index in [2.05, 4.69) is 0 Å². The summed E-state index contributed by atoms with van der Waals surface area (Å²) in [7, 11) is -3.57. The van der Waals surface area contributed by atoms with Crippen LogP contribution in [0.15, 0.2) is 29.2 Å². The summed E-state index contributed by atoms with van der Waals surface area (Å²) in [6, 6.07) is 5.60. The number of hydrogen-bond acceptors (Lipinski definition) is 4. The Morgan fingerprint density at radius 1 is 1.27 bits per heavy atom. The minimum absolute atomic E-state index is 0. The van der Waals surface area contributed by atoms with Crippen molar-refractivity contribution in [3.05, 3.63) is 29.3 Å². The molecule has 0 bridgehead atoms. The van der Waals surface area contributed by atoms with Crippen molar-refractivity contribution in [3.63, 3.8) is 0 Å². The molecule has 0 aromatic heterocycles. The average molecular weight is 368 g/mol. The van der Waals surface area contributed by atoms with Gasteiger partial charge in [0.05, 0.1) is 10.9 Å². The normalized spacial score (nSPS) is 17.7. The highest BCUT2D eigenvalue weighted by Gasteiger charge is 2.30. The molecule has 22 heavy (non-hydrogen) atoms. The fourth-order valence-corrected chi connectivity index (χ4v) is 3.94. The summed E-state index contributed by atoms with van der Waals surface area (Å²) < 4.78 is 26.3.